The van der Waals surface area contributed by atoms with Crippen LogP contribution < -0.4 is 22.1 Å². The topological polar surface area (TPSA) is 165 Å². The third kappa shape index (κ3) is 4.29. The minimum atomic E-state index is -2.99. The zero-order valence-electron chi connectivity index (χ0n) is 25.2. The number of hydrogen-bond donors (Lipinski definition) is 4. The van der Waals surface area contributed by atoms with Gasteiger partial charge >= 0.3 is 0 Å². The molecule has 5 atom stereocenters. The monoisotopic (exact) mass is 581 g/mol. The molecular weight excluding hydrogens is 536 g/mol. The summed E-state index contributed by atoms with van der Waals surface area (Å²) in [7, 11) is 0. The second-order valence-corrected chi connectivity index (χ2v) is 14.6. The maximum atomic E-state index is 14.6. The molecule has 230 valence electrons. The number of fused-ring (bicyclic) bond motifs is 1. The lowest BCUT2D eigenvalue weighted by Gasteiger charge is -2.45. The number of likely N-dealkylation sites (tertiary alicyclic amines) is 1. The SMILES string of the molecule is CC1C(C(=O)NC(CC(F)F)C(=O)C(N)=O)N(C(=O)C(C)(NC(=O)C2(N)CC2)C(C)(C)C)CC12C(C)(C)C21CCC1. The summed E-state index contributed by atoms with van der Waals surface area (Å²) in [6, 6.07) is -2.96. The van der Waals surface area contributed by atoms with Crippen molar-refractivity contribution in [1.29, 1.82) is 0 Å². The van der Waals surface area contributed by atoms with E-state index in [1.165, 1.54) is 4.90 Å². The Bertz CT molecular complexity index is 1170. The minimum Gasteiger partial charge on any atom is -0.363 e. The first-order valence-corrected chi connectivity index (χ1v) is 14.5. The van der Waals surface area contributed by atoms with Crippen molar-refractivity contribution in [1.82, 2.24) is 15.5 Å². The van der Waals surface area contributed by atoms with Gasteiger partial charge in [0.15, 0.2) is 0 Å². The molecule has 4 aliphatic rings. The van der Waals surface area contributed by atoms with Crippen LogP contribution in [0.25, 0.3) is 0 Å². The van der Waals surface area contributed by atoms with Crippen LogP contribution >= 0.6 is 0 Å². The minimum absolute atomic E-state index is 0.0882. The highest BCUT2D eigenvalue weighted by molar-refractivity contribution is 6.37. The molecule has 10 nitrogen and oxygen atoms in total. The standard InChI is InChI=1S/C29H45F2N5O5/c1-15-18(21(39)34-16(13-17(30)31)19(37)20(32)38)36(14-29(15)25(5,6)28(29)9-8-10-28)23(41)26(7,24(2,3)4)35-22(40)27(33)11-12-27/h15-18H,8-14,33H2,1-7H3,(H2,32,38)(H,34,39)(H,35,40). The van der Waals surface area contributed by atoms with Gasteiger partial charge in [-0.3, -0.25) is 24.0 Å². The molecule has 4 rings (SSSR count). The van der Waals surface area contributed by atoms with Crippen LogP contribution in [0.2, 0.25) is 0 Å². The summed E-state index contributed by atoms with van der Waals surface area (Å²) in [6.45, 7) is 13.4. The average Bonchev–Trinajstić information content (AvgIpc) is 3.62. The number of amides is 4. The third-order valence-electron chi connectivity index (χ3n) is 11.7. The van der Waals surface area contributed by atoms with Crippen LogP contribution in [-0.4, -0.2) is 70.4 Å². The second kappa shape index (κ2) is 9.44. The van der Waals surface area contributed by atoms with Gasteiger partial charge in [0.1, 0.15) is 17.6 Å². The fourth-order valence-corrected chi connectivity index (χ4v) is 8.17. The molecule has 0 aromatic carbocycles. The summed E-state index contributed by atoms with van der Waals surface area (Å²) >= 11 is 0. The quantitative estimate of drug-likeness (QED) is 0.302. The van der Waals surface area contributed by atoms with Crippen molar-refractivity contribution in [2.75, 3.05) is 6.54 Å². The summed E-state index contributed by atoms with van der Waals surface area (Å²) in [5.41, 5.74) is 7.18. The number of Topliss-reactive ketones (excluding diaryl/α,β-unsaturated/α-hetero) is 1. The molecule has 3 aliphatic carbocycles. The molecule has 0 aromatic rings. The lowest BCUT2D eigenvalue weighted by molar-refractivity contribution is -0.151. The number of primary amides is 1. The Hall–Kier alpha value is -2.63. The summed E-state index contributed by atoms with van der Waals surface area (Å²) in [6.07, 6.45) is -0.163. The molecule has 6 N–H and O–H groups in total. The number of nitrogens with two attached hydrogens (primary N) is 2. The average molecular weight is 582 g/mol. The number of carbonyl (C=O) groups is 5. The van der Waals surface area contributed by atoms with Crippen LogP contribution in [0.1, 0.15) is 87.0 Å². The Morgan fingerprint density at radius 2 is 1.59 bits per heavy atom. The Morgan fingerprint density at radius 1 is 1.02 bits per heavy atom. The van der Waals surface area contributed by atoms with E-state index in [2.05, 4.69) is 24.5 Å². The fourth-order valence-electron chi connectivity index (χ4n) is 8.17. The molecule has 4 fully saturated rings. The van der Waals surface area contributed by atoms with Crippen molar-refractivity contribution in [2.45, 2.75) is 117 Å². The van der Waals surface area contributed by atoms with Crippen LogP contribution in [-0.2, 0) is 24.0 Å². The van der Waals surface area contributed by atoms with E-state index < -0.39 is 82.2 Å². The Kier molecular flexibility index (Phi) is 7.21. The molecule has 1 heterocycles. The molecule has 12 heteroatoms. The van der Waals surface area contributed by atoms with Gasteiger partial charge in [-0.05, 0) is 54.8 Å². The Morgan fingerprint density at radius 3 is 1.98 bits per heavy atom. The smallest absolute Gasteiger partial charge is 0.287 e. The summed E-state index contributed by atoms with van der Waals surface area (Å²) in [5.74, 6) is -4.91. The predicted molar refractivity (Wildman–Crippen MR) is 146 cm³/mol. The van der Waals surface area contributed by atoms with Crippen LogP contribution in [0.15, 0.2) is 0 Å². The van der Waals surface area contributed by atoms with Gasteiger partial charge in [0.2, 0.25) is 29.9 Å². The first-order valence-electron chi connectivity index (χ1n) is 14.5. The molecule has 0 radical (unpaired) electrons. The van der Waals surface area contributed by atoms with E-state index in [1.807, 2.05) is 27.7 Å². The number of nitrogens with one attached hydrogen (secondary N) is 2. The predicted octanol–water partition coefficient (Wildman–Crippen LogP) is 1.64. The van der Waals surface area contributed by atoms with Gasteiger partial charge in [0.25, 0.3) is 5.91 Å². The highest BCUT2D eigenvalue weighted by atomic mass is 19.3. The first-order chi connectivity index (χ1) is 18.6. The summed E-state index contributed by atoms with van der Waals surface area (Å²) < 4.78 is 26.7. The number of ketones is 1. The van der Waals surface area contributed by atoms with Crippen molar-refractivity contribution in [3.8, 4) is 0 Å². The summed E-state index contributed by atoms with van der Waals surface area (Å²) in [4.78, 5) is 67.1. The molecule has 0 aromatic heterocycles. The molecule has 41 heavy (non-hydrogen) atoms. The summed E-state index contributed by atoms with van der Waals surface area (Å²) in [5, 5.41) is 5.24. The Balaban J connectivity index is 1.75. The van der Waals surface area contributed by atoms with E-state index in [9.17, 15) is 32.8 Å². The Labute approximate surface area is 240 Å². The fraction of sp³-hybridized carbons (Fsp3) is 0.828. The van der Waals surface area contributed by atoms with Gasteiger partial charge < -0.3 is 27.0 Å². The number of nitrogens with zero attached hydrogens (tertiary/aromatic N) is 1. The van der Waals surface area contributed by atoms with E-state index in [-0.39, 0.29) is 17.4 Å². The highest BCUT2D eigenvalue weighted by Gasteiger charge is 2.87. The largest absolute Gasteiger partial charge is 0.363 e. The van der Waals surface area contributed by atoms with Crippen LogP contribution in [0.5, 0.6) is 0 Å². The van der Waals surface area contributed by atoms with Gasteiger partial charge in [-0.1, -0.05) is 48.0 Å². The molecular formula is C29H45F2N5O5. The number of rotatable bonds is 9. The molecule has 4 amide bonds. The lowest BCUT2D eigenvalue weighted by Crippen LogP contribution is -2.68. The van der Waals surface area contributed by atoms with E-state index >= 15 is 0 Å². The van der Waals surface area contributed by atoms with E-state index in [0.717, 1.165) is 19.3 Å². The van der Waals surface area contributed by atoms with Gasteiger partial charge in [0, 0.05) is 18.4 Å². The van der Waals surface area contributed by atoms with Crippen LogP contribution in [0.3, 0.4) is 0 Å². The number of carbonyl (C=O) groups excluding carboxylic acids is 5. The van der Waals surface area contributed by atoms with Gasteiger partial charge in [-0.2, -0.15) is 0 Å². The molecule has 1 saturated heterocycles. The molecule has 2 spiro atoms. The van der Waals surface area contributed by atoms with Crippen LogP contribution in [0, 0.1) is 27.6 Å². The molecule has 3 saturated carbocycles. The molecule has 0 bridgehead atoms. The number of alkyl halides is 2. The molecule has 5 unspecified atom stereocenters. The van der Waals surface area contributed by atoms with E-state index in [0.29, 0.717) is 12.8 Å². The third-order valence-corrected chi connectivity index (χ3v) is 11.7. The maximum absolute atomic E-state index is 14.6. The number of hydrogen-bond acceptors (Lipinski definition) is 6. The van der Waals surface area contributed by atoms with Crippen molar-refractivity contribution in [3.05, 3.63) is 0 Å². The number of halogens is 2. The first kappa shape index (κ1) is 31.3. The highest BCUT2D eigenvalue weighted by Crippen LogP contribution is 2.89. The van der Waals surface area contributed by atoms with E-state index in [1.54, 1.807) is 6.92 Å². The van der Waals surface area contributed by atoms with Gasteiger partial charge in [-0.25, -0.2) is 8.78 Å². The van der Waals surface area contributed by atoms with Crippen molar-refractivity contribution in [2.24, 2.45) is 39.0 Å². The van der Waals surface area contributed by atoms with Crippen molar-refractivity contribution in [3.63, 3.8) is 0 Å². The lowest BCUT2D eigenvalue weighted by atomic mass is 9.71. The normalized spacial score (nSPS) is 30.8. The van der Waals surface area contributed by atoms with Gasteiger partial charge in [0.05, 0.1) is 5.54 Å². The zero-order chi connectivity index (χ0) is 31.1. The molecule has 1 aliphatic heterocycles. The van der Waals surface area contributed by atoms with Crippen molar-refractivity contribution < 1.29 is 32.8 Å². The van der Waals surface area contributed by atoms with Crippen molar-refractivity contribution >= 4 is 29.4 Å². The van der Waals surface area contributed by atoms with Gasteiger partial charge in [-0.15, -0.1) is 0 Å². The zero-order valence-corrected chi connectivity index (χ0v) is 25.2. The van der Waals surface area contributed by atoms with Crippen LogP contribution in [0.4, 0.5) is 8.78 Å². The van der Waals surface area contributed by atoms with E-state index in [4.69, 9.17) is 11.5 Å². The second-order valence-electron chi connectivity index (χ2n) is 14.6. The maximum Gasteiger partial charge on any atom is 0.287 e.